The fourth-order valence-corrected chi connectivity index (χ4v) is 12.0. The monoisotopic (exact) mass is 1030 g/mol. The van der Waals surface area contributed by atoms with Crippen LogP contribution in [0.1, 0.15) is 142 Å². The summed E-state index contributed by atoms with van der Waals surface area (Å²) in [5, 5.41) is 30.0. The van der Waals surface area contributed by atoms with Crippen molar-refractivity contribution >= 4 is 43.6 Å². The number of fused-ring (bicyclic) bond motifs is 6. The molecular weight excluding hydrogens is 957 g/mol. The molecule has 1 aliphatic rings. The van der Waals surface area contributed by atoms with Gasteiger partial charge in [-0.15, -0.1) is 0 Å². The number of ether oxygens (including phenoxy) is 2. The molecule has 1 aliphatic carbocycles. The predicted molar refractivity (Wildman–Crippen MR) is 327 cm³/mol. The van der Waals surface area contributed by atoms with Crippen molar-refractivity contribution in [2.75, 3.05) is 0 Å². The lowest BCUT2D eigenvalue weighted by molar-refractivity contribution is 0.0686. The van der Waals surface area contributed by atoms with Gasteiger partial charge in [0.1, 0.15) is 35.2 Å². The van der Waals surface area contributed by atoms with Gasteiger partial charge in [-0.05, 0) is 173 Å². The first-order valence-corrected chi connectivity index (χ1v) is 28.2. The van der Waals surface area contributed by atoms with Crippen molar-refractivity contribution in [2.45, 2.75) is 156 Å². The second-order valence-corrected chi connectivity index (χ2v) is 26.6. The van der Waals surface area contributed by atoms with E-state index in [0.717, 1.165) is 97.6 Å². The van der Waals surface area contributed by atoms with E-state index in [9.17, 15) is 10.2 Å². The maximum Gasteiger partial charge on any atom is 0.147 e. The molecule has 2 heterocycles. The molecule has 10 aromatic rings. The van der Waals surface area contributed by atoms with Crippen LogP contribution in [-0.4, -0.2) is 31.6 Å². The minimum absolute atomic E-state index is 0.0252. The Labute approximate surface area is 462 Å². The third-order valence-corrected chi connectivity index (χ3v) is 16.5. The number of para-hydroxylation sites is 2. The Balaban J connectivity index is 0.913. The third kappa shape index (κ3) is 9.60. The number of aromatic hydroxyl groups is 2. The van der Waals surface area contributed by atoms with E-state index in [2.05, 4.69) is 215 Å². The number of hydrogen-bond acceptors (Lipinski definition) is 4. The molecule has 0 radical (unpaired) electrons. The Bertz CT molecular complexity index is 3570. The lowest BCUT2D eigenvalue weighted by atomic mass is 9.85. The quantitative estimate of drug-likeness (QED) is 0.159. The van der Waals surface area contributed by atoms with Crippen molar-refractivity contribution in [3.05, 3.63) is 179 Å². The van der Waals surface area contributed by atoms with Crippen molar-refractivity contribution in [2.24, 2.45) is 0 Å². The van der Waals surface area contributed by atoms with Gasteiger partial charge in [-0.1, -0.05) is 144 Å². The highest BCUT2D eigenvalue weighted by Crippen LogP contribution is 2.48. The molecule has 6 heteroatoms. The van der Waals surface area contributed by atoms with Gasteiger partial charge >= 0.3 is 0 Å². The zero-order valence-corrected chi connectivity index (χ0v) is 48.4. The van der Waals surface area contributed by atoms with E-state index < -0.39 is 0 Å². The summed E-state index contributed by atoms with van der Waals surface area (Å²) in [6.45, 7) is 31.3. The molecule has 0 unspecified atom stereocenters. The van der Waals surface area contributed by atoms with E-state index >= 15 is 0 Å². The normalized spacial score (nSPS) is 15.7. The van der Waals surface area contributed by atoms with Gasteiger partial charge < -0.3 is 28.8 Å². The van der Waals surface area contributed by atoms with Crippen LogP contribution in [0.15, 0.2) is 146 Å². The molecule has 400 valence electrons. The van der Waals surface area contributed by atoms with E-state index in [4.69, 9.17) is 9.47 Å². The fraction of sp³-hybridized carbons (Fsp3) is 0.333. The smallest absolute Gasteiger partial charge is 0.147 e. The van der Waals surface area contributed by atoms with Gasteiger partial charge in [0, 0.05) is 50.2 Å². The number of nitrogens with zero attached hydrogens (tertiary/aromatic N) is 2. The largest absolute Gasteiger partial charge is 0.505 e. The molecule has 78 heavy (non-hydrogen) atoms. The van der Waals surface area contributed by atoms with Crippen molar-refractivity contribution in [1.29, 1.82) is 0 Å². The number of hydrogen-bond donors (Lipinski definition) is 2. The Morgan fingerprint density at radius 2 is 0.692 bits per heavy atom. The van der Waals surface area contributed by atoms with Crippen LogP contribution in [0, 0.1) is 13.8 Å². The predicted octanol–water partition coefficient (Wildman–Crippen LogP) is 19.2. The molecule has 2 N–H and O–H groups in total. The van der Waals surface area contributed by atoms with E-state index in [1.165, 1.54) is 43.8 Å². The highest BCUT2D eigenvalue weighted by atomic mass is 16.5. The van der Waals surface area contributed by atoms with E-state index in [1.54, 1.807) is 0 Å². The van der Waals surface area contributed by atoms with Crippen LogP contribution in [0.25, 0.3) is 77.2 Å². The van der Waals surface area contributed by atoms with Crippen LogP contribution in [0.5, 0.6) is 23.0 Å². The average Bonchev–Trinajstić information content (AvgIpc) is 3.92. The summed E-state index contributed by atoms with van der Waals surface area (Å²) in [5.41, 5.74) is 15.9. The number of aromatic nitrogens is 2. The summed E-state index contributed by atoms with van der Waals surface area (Å²) < 4.78 is 18.6. The topological polar surface area (TPSA) is 68.8 Å². The van der Waals surface area contributed by atoms with Gasteiger partial charge in [0.15, 0.2) is 0 Å². The number of benzene rings is 8. The van der Waals surface area contributed by atoms with Gasteiger partial charge in [0.05, 0.1) is 33.4 Å². The van der Waals surface area contributed by atoms with Crippen molar-refractivity contribution < 1.29 is 19.7 Å². The van der Waals surface area contributed by atoms with E-state index in [-0.39, 0.29) is 45.4 Å². The molecule has 2 atom stereocenters. The number of rotatable bonds is 8. The second-order valence-electron chi connectivity index (χ2n) is 26.6. The maximum absolute atomic E-state index is 12.6. The Morgan fingerprint density at radius 3 is 1.00 bits per heavy atom. The summed E-state index contributed by atoms with van der Waals surface area (Å²) in [4.78, 5) is 0. The van der Waals surface area contributed by atoms with Gasteiger partial charge in [0.2, 0.25) is 0 Å². The van der Waals surface area contributed by atoms with E-state index in [1.807, 2.05) is 36.4 Å². The van der Waals surface area contributed by atoms with Crippen LogP contribution >= 0.6 is 0 Å². The number of phenolic OH excluding ortho intramolecular Hbond substituents is 2. The zero-order valence-electron chi connectivity index (χ0n) is 48.4. The fourth-order valence-electron chi connectivity index (χ4n) is 12.0. The molecule has 0 aliphatic heterocycles. The second kappa shape index (κ2) is 19.2. The van der Waals surface area contributed by atoms with Crippen LogP contribution in [-0.2, 0) is 21.7 Å². The Morgan fingerprint density at radius 1 is 0.385 bits per heavy atom. The summed E-state index contributed by atoms with van der Waals surface area (Å²) in [6, 6.07) is 51.8. The number of phenols is 2. The SMILES string of the molecule is Cc1cc(-c2ccccc2O[C@@H]2CCC[C@H](Oc3ccccc3-c3cc(C)cc(-n4c5ccc(C(C)(C)C)cc5c5cc(C(C)(C)C)ccc54)c3O)C2)c(O)c(-n2c3ccc(C(C)(C)C)cc3c3cc(C(C)(C)C)ccc32)c1. The first-order valence-electron chi connectivity index (χ1n) is 28.2. The van der Waals surface area contributed by atoms with Gasteiger partial charge in [-0.3, -0.25) is 0 Å². The van der Waals surface area contributed by atoms with Crippen LogP contribution < -0.4 is 9.47 Å². The van der Waals surface area contributed by atoms with Gasteiger partial charge in [-0.25, -0.2) is 0 Å². The van der Waals surface area contributed by atoms with E-state index in [0.29, 0.717) is 6.42 Å². The first kappa shape index (κ1) is 52.6. The molecule has 0 saturated heterocycles. The molecule has 6 nitrogen and oxygen atoms in total. The Kier molecular flexibility index (Phi) is 12.9. The standard InChI is InChI=1S/C72H78N2O4/c1-43-34-57(67(75)63(36-43)73-59-30-26-45(69(3,4)5)38-53(59)54-39-46(70(6,7)8)27-31-60(54)73)51-22-15-17-24-65(51)77-49-20-19-21-50(42-49)78-66-25-18-16-23-52(66)58-35-44(2)37-64(68(58)76)74-61-32-28-47(71(9,10)11)40-55(61)56-41-48(72(12,13)14)29-33-62(56)74/h15-18,22-41,49-50,75-76H,19-21,42H2,1-14H3/t49-,50+. The summed E-state index contributed by atoms with van der Waals surface area (Å²) in [6.07, 6.45) is 3.13. The summed E-state index contributed by atoms with van der Waals surface area (Å²) in [7, 11) is 0. The van der Waals surface area contributed by atoms with Crippen LogP contribution in [0.4, 0.5) is 0 Å². The highest BCUT2D eigenvalue weighted by molar-refractivity contribution is 6.11. The lowest BCUT2D eigenvalue weighted by Gasteiger charge is -2.31. The molecule has 11 rings (SSSR count). The lowest BCUT2D eigenvalue weighted by Crippen LogP contribution is -2.32. The molecule has 1 fully saturated rings. The van der Waals surface area contributed by atoms with Gasteiger partial charge in [0.25, 0.3) is 0 Å². The maximum atomic E-state index is 12.6. The molecule has 0 bridgehead atoms. The zero-order chi connectivity index (χ0) is 55.4. The van der Waals surface area contributed by atoms with Gasteiger partial charge in [-0.2, -0.15) is 0 Å². The third-order valence-electron chi connectivity index (χ3n) is 16.5. The number of aryl methyl sites for hydroxylation is 2. The summed E-state index contributed by atoms with van der Waals surface area (Å²) in [5.74, 6) is 1.88. The minimum atomic E-state index is -0.123. The van der Waals surface area contributed by atoms with Crippen molar-refractivity contribution in [3.63, 3.8) is 0 Å². The molecule has 0 spiro atoms. The first-order chi connectivity index (χ1) is 36.8. The van der Waals surface area contributed by atoms with Crippen molar-refractivity contribution in [3.8, 4) is 56.6 Å². The van der Waals surface area contributed by atoms with Crippen LogP contribution in [0.2, 0.25) is 0 Å². The molecule has 8 aromatic carbocycles. The highest BCUT2D eigenvalue weighted by Gasteiger charge is 2.30. The van der Waals surface area contributed by atoms with Crippen molar-refractivity contribution in [1.82, 2.24) is 9.13 Å². The molecule has 1 saturated carbocycles. The average molecular weight is 1040 g/mol. The molecule has 2 aromatic heterocycles. The van der Waals surface area contributed by atoms with Crippen LogP contribution in [0.3, 0.4) is 0 Å². The molecule has 0 amide bonds. The summed E-state index contributed by atoms with van der Waals surface area (Å²) >= 11 is 0. The Hall–Kier alpha value is -7.44. The minimum Gasteiger partial charge on any atom is -0.505 e. The molecular formula is C72H78N2O4.